The van der Waals surface area contributed by atoms with E-state index in [0.29, 0.717) is 16.8 Å². The molecule has 3 aromatic rings. The Labute approximate surface area is 139 Å². The molecule has 0 radical (unpaired) electrons. The maximum Gasteiger partial charge on any atom is 0.261 e. The van der Waals surface area contributed by atoms with Gasteiger partial charge in [-0.05, 0) is 48.5 Å². The number of H-pyrrole nitrogens is 1. The summed E-state index contributed by atoms with van der Waals surface area (Å²) in [6.07, 6.45) is 0. The molecule has 6 heteroatoms. The van der Waals surface area contributed by atoms with Crippen molar-refractivity contribution >= 4 is 38.4 Å². The summed E-state index contributed by atoms with van der Waals surface area (Å²) in [5.74, 6) is -0.502. The Bertz CT molecular complexity index is 1000. The molecule has 0 atom stereocenters. The van der Waals surface area contributed by atoms with Crippen LogP contribution in [0.5, 0.6) is 0 Å². The molecule has 2 aromatic carbocycles. The van der Waals surface area contributed by atoms with Crippen molar-refractivity contribution in [1.82, 2.24) is 4.98 Å². The van der Waals surface area contributed by atoms with Crippen LogP contribution >= 0.6 is 15.9 Å². The van der Waals surface area contributed by atoms with Gasteiger partial charge in [-0.1, -0.05) is 15.9 Å². The number of benzene rings is 2. The molecule has 0 saturated heterocycles. The van der Waals surface area contributed by atoms with Gasteiger partial charge in [0.15, 0.2) is 0 Å². The molecule has 23 heavy (non-hydrogen) atoms. The lowest BCUT2D eigenvalue weighted by Crippen LogP contribution is -2.23. The normalized spacial score (nSPS) is 10.3. The van der Waals surface area contributed by atoms with E-state index in [1.54, 1.807) is 36.4 Å². The molecule has 5 nitrogen and oxygen atoms in total. The second-order valence-corrected chi connectivity index (χ2v) is 5.80. The summed E-state index contributed by atoms with van der Waals surface area (Å²) in [6.45, 7) is 0. The zero-order valence-electron chi connectivity index (χ0n) is 11.8. The Morgan fingerprint density at radius 2 is 1.87 bits per heavy atom. The first kappa shape index (κ1) is 15.0. The minimum Gasteiger partial charge on any atom is -0.322 e. The molecule has 0 aliphatic heterocycles. The van der Waals surface area contributed by atoms with Crippen molar-refractivity contribution in [3.8, 4) is 6.07 Å². The van der Waals surface area contributed by atoms with E-state index in [1.807, 2.05) is 18.2 Å². The summed E-state index contributed by atoms with van der Waals surface area (Å²) < 4.78 is 0.857. The van der Waals surface area contributed by atoms with Gasteiger partial charge in [0.05, 0.1) is 11.6 Å². The monoisotopic (exact) mass is 367 g/mol. The van der Waals surface area contributed by atoms with E-state index >= 15 is 0 Å². The van der Waals surface area contributed by atoms with Crippen molar-refractivity contribution in [3.63, 3.8) is 0 Å². The first-order valence-corrected chi connectivity index (χ1v) is 7.50. The van der Waals surface area contributed by atoms with Crippen molar-refractivity contribution in [2.45, 2.75) is 0 Å². The van der Waals surface area contributed by atoms with Gasteiger partial charge in [-0.15, -0.1) is 0 Å². The fourth-order valence-corrected chi connectivity index (χ4v) is 2.55. The van der Waals surface area contributed by atoms with Crippen LogP contribution in [0.15, 0.2) is 57.8 Å². The molecule has 0 saturated carbocycles. The first-order valence-electron chi connectivity index (χ1n) is 6.71. The summed E-state index contributed by atoms with van der Waals surface area (Å²) in [4.78, 5) is 27.1. The summed E-state index contributed by atoms with van der Waals surface area (Å²) in [7, 11) is 0. The zero-order chi connectivity index (χ0) is 16.4. The Morgan fingerprint density at radius 3 is 2.57 bits per heavy atom. The molecule has 0 fully saturated rings. The molecule has 0 bridgehead atoms. The topological polar surface area (TPSA) is 85.8 Å². The number of aromatic nitrogens is 1. The molecule has 1 aromatic heterocycles. The Hall–Kier alpha value is -2.91. The largest absolute Gasteiger partial charge is 0.322 e. The van der Waals surface area contributed by atoms with Crippen molar-refractivity contribution in [1.29, 1.82) is 5.26 Å². The predicted molar refractivity (Wildman–Crippen MR) is 91.4 cm³/mol. The molecule has 2 N–H and O–H groups in total. The lowest BCUT2D eigenvalue weighted by Gasteiger charge is -2.06. The number of amides is 1. The van der Waals surface area contributed by atoms with Gasteiger partial charge in [0.25, 0.3) is 11.5 Å². The summed E-state index contributed by atoms with van der Waals surface area (Å²) in [5, 5.41) is 12.2. The van der Waals surface area contributed by atoms with Crippen LogP contribution in [0.3, 0.4) is 0 Å². The van der Waals surface area contributed by atoms with Crippen molar-refractivity contribution in [3.05, 3.63) is 74.5 Å². The smallest absolute Gasteiger partial charge is 0.261 e. The third kappa shape index (κ3) is 3.15. The van der Waals surface area contributed by atoms with E-state index in [4.69, 9.17) is 5.26 Å². The summed E-state index contributed by atoms with van der Waals surface area (Å²) in [6, 6.07) is 15.4. The number of anilines is 1. The van der Waals surface area contributed by atoms with E-state index in [2.05, 4.69) is 26.2 Å². The Balaban J connectivity index is 1.95. The van der Waals surface area contributed by atoms with E-state index < -0.39 is 11.5 Å². The number of nitriles is 1. The molecule has 1 heterocycles. The molecule has 3 rings (SSSR count). The molecule has 112 valence electrons. The summed E-state index contributed by atoms with van der Waals surface area (Å²) in [5.41, 5.74) is 1.25. The second kappa shape index (κ2) is 6.07. The van der Waals surface area contributed by atoms with Crippen LogP contribution in [-0.4, -0.2) is 10.9 Å². The number of fused-ring (bicyclic) bond motifs is 1. The maximum absolute atomic E-state index is 12.3. The van der Waals surface area contributed by atoms with Crippen molar-refractivity contribution in [2.75, 3.05) is 5.32 Å². The SMILES string of the molecule is N#Cc1ccc(NC(=O)c2cc3cc(Br)ccc3[nH]c2=O)cc1. The zero-order valence-corrected chi connectivity index (χ0v) is 13.3. The van der Waals surface area contributed by atoms with Gasteiger partial charge < -0.3 is 10.3 Å². The quantitative estimate of drug-likeness (QED) is 0.727. The van der Waals surface area contributed by atoms with Crippen LogP contribution in [-0.2, 0) is 0 Å². The Morgan fingerprint density at radius 1 is 1.13 bits per heavy atom. The third-order valence-electron chi connectivity index (χ3n) is 3.32. The molecule has 0 unspecified atom stereocenters. The fourth-order valence-electron chi connectivity index (χ4n) is 2.17. The number of aromatic amines is 1. The lowest BCUT2D eigenvalue weighted by atomic mass is 10.1. The number of nitrogens with one attached hydrogen (secondary N) is 2. The molecule has 0 aliphatic carbocycles. The van der Waals surface area contributed by atoms with E-state index in [9.17, 15) is 9.59 Å². The van der Waals surface area contributed by atoms with Gasteiger partial charge in [-0.2, -0.15) is 5.26 Å². The van der Waals surface area contributed by atoms with Crippen LogP contribution in [0.4, 0.5) is 5.69 Å². The highest BCUT2D eigenvalue weighted by Gasteiger charge is 2.12. The van der Waals surface area contributed by atoms with E-state index in [-0.39, 0.29) is 5.56 Å². The third-order valence-corrected chi connectivity index (χ3v) is 3.82. The maximum atomic E-state index is 12.3. The average Bonchev–Trinajstić information content (AvgIpc) is 2.55. The lowest BCUT2D eigenvalue weighted by molar-refractivity contribution is 0.102. The number of hydrogen-bond donors (Lipinski definition) is 2. The van der Waals surface area contributed by atoms with Crippen LogP contribution in [0.1, 0.15) is 15.9 Å². The number of halogens is 1. The fraction of sp³-hybridized carbons (Fsp3) is 0. The standard InChI is InChI=1S/C17H10BrN3O2/c18-12-3-6-15-11(7-12)8-14(17(23)21-15)16(22)20-13-4-1-10(9-19)2-5-13/h1-8H,(H,20,22)(H,21,23). The molecule has 1 amide bonds. The van der Waals surface area contributed by atoms with Gasteiger partial charge in [0.1, 0.15) is 5.56 Å². The molecule has 0 aliphatic rings. The minimum absolute atomic E-state index is 0.0277. The van der Waals surface area contributed by atoms with E-state index in [0.717, 1.165) is 9.86 Å². The Kier molecular flexibility index (Phi) is 3.96. The average molecular weight is 368 g/mol. The predicted octanol–water partition coefficient (Wildman–Crippen LogP) is 3.41. The molecular formula is C17H10BrN3O2. The van der Waals surface area contributed by atoms with Gasteiger partial charge >= 0.3 is 0 Å². The van der Waals surface area contributed by atoms with Crippen LogP contribution in [0.2, 0.25) is 0 Å². The number of carbonyl (C=O) groups is 1. The number of hydrogen-bond acceptors (Lipinski definition) is 3. The number of pyridine rings is 1. The van der Waals surface area contributed by atoms with Crippen LogP contribution in [0.25, 0.3) is 10.9 Å². The van der Waals surface area contributed by atoms with Gasteiger partial charge in [0.2, 0.25) is 0 Å². The second-order valence-electron chi connectivity index (χ2n) is 4.89. The van der Waals surface area contributed by atoms with E-state index in [1.165, 1.54) is 0 Å². The van der Waals surface area contributed by atoms with Gasteiger partial charge in [0, 0.05) is 21.1 Å². The van der Waals surface area contributed by atoms with Gasteiger partial charge in [-0.3, -0.25) is 9.59 Å². The van der Waals surface area contributed by atoms with Gasteiger partial charge in [-0.25, -0.2) is 0 Å². The molecule has 0 spiro atoms. The van der Waals surface area contributed by atoms with Crippen LogP contribution in [0, 0.1) is 11.3 Å². The number of nitrogens with zero attached hydrogens (tertiary/aromatic N) is 1. The summed E-state index contributed by atoms with van der Waals surface area (Å²) >= 11 is 3.36. The highest BCUT2D eigenvalue weighted by Crippen LogP contribution is 2.18. The van der Waals surface area contributed by atoms with Crippen LogP contribution < -0.4 is 10.9 Å². The van der Waals surface area contributed by atoms with Crippen molar-refractivity contribution < 1.29 is 4.79 Å². The minimum atomic E-state index is -0.502. The highest BCUT2D eigenvalue weighted by molar-refractivity contribution is 9.10. The number of carbonyl (C=O) groups excluding carboxylic acids is 1. The van der Waals surface area contributed by atoms with Crippen molar-refractivity contribution in [2.24, 2.45) is 0 Å². The number of rotatable bonds is 2. The molecular weight excluding hydrogens is 358 g/mol. The first-order chi connectivity index (χ1) is 11.1. The highest BCUT2D eigenvalue weighted by atomic mass is 79.9.